The third-order valence-electron chi connectivity index (χ3n) is 4.80. The number of hydrogen-bond acceptors (Lipinski definition) is 5. The molecule has 0 radical (unpaired) electrons. The highest BCUT2D eigenvalue weighted by atomic mass is 32.1. The SMILES string of the molecule is O=C(c1cn(C2CCNCC2)nn1)N1CCCC1c1cccs1. The molecule has 4 heterocycles. The van der Waals surface area contributed by atoms with E-state index in [4.69, 9.17) is 0 Å². The quantitative estimate of drug-likeness (QED) is 0.937. The summed E-state index contributed by atoms with van der Waals surface area (Å²) in [5, 5.41) is 13.8. The van der Waals surface area contributed by atoms with E-state index in [0.717, 1.165) is 45.3 Å². The summed E-state index contributed by atoms with van der Waals surface area (Å²) < 4.78 is 1.88. The molecular formula is C16H21N5OS. The average Bonchev–Trinajstić information content (AvgIpc) is 3.34. The fraction of sp³-hybridized carbons (Fsp3) is 0.562. The van der Waals surface area contributed by atoms with E-state index in [1.807, 2.05) is 21.8 Å². The number of amides is 1. The first-order chi connectivity index (χ1) is 11.3. The Morgan fingerprint density at radius 1 is 1.30 bits per heavy atom. The lowest BCUT2D eigenvalue weighted by atomic mass is 10.1. The summed E-state index contributed by atoms with van der Waals surface area (Å²) in [5.41, 5.74) is 0.479. The lowest BCUT2D eigenvalue weighted by Crippen LogP contribution is -2.31. The normalized spacial score (nSPS) is 22.6. The van der Waals surface area contributed by atoms with Crippen LogP contribution in [0.1, 0.15) is 53.1 Å². The molecule has 23 heavy (non-hydrogen) atoms. The van der Waals surface area contributed by atoms with Crippen molar-refractivity contribution in [3.05, 3.63) is 34.3 Å². The molecule has 2 aromatic heterocycles. The number of nitrogens with zero attached hydrogens (tertiary/aromatic N) is 4. The minimum absolute atomic E-state index is 0.0149. The number of aromatic nitrogens is 3. The average molecular weight is 331 g/mol. The van der Waals surface area contributed by atoms with Crippen LogP contribution in [0.25, 0.3) is 0 Å². The zero-order chi connectivity index (χ0) is 15.6. The predicted molar refractivity (Wildman–Crippen MR) is 88.5 cm³/mol. The number of carbonyl (C=O) groups excluding carboxylic acids is 1. The molecule has 1 unspecified atom stereocenters. The number of hydrogen-bond donors (Lipinski definition) is 1. The predicted octanol–water partition coefficient (Wildman–Crippen LogP) is 2.24. The number of carbonyl (C=O) groups is 1. The van der Waals surface area contributed by atoms with E-state index in [2.05, 4.69) is 27.1 Å². The van der Waals surface area contributed by atoms with Gasteiger partial charge >= 0.3 is 0 Å². The van der Waals surface area contributed by atoms with Gasteiger partial charge in [-0.05, 0) is 50.2 Å². The highest BCUT2D eigenvalue weighted by molar-refractivity contribution is 7.10. The molecule has 6 nitrogen and oxygen atoms in total. The van der Waals surface area contributed by atoms with E-state index in [-0.39, 0.29) is 11.9 Å². The molecule has 1 amide bonds. The smallest absolute Gasteiger partial charge is 0.276 e. The topological polar surface area (TPSA) is 63.1 Å². The molecule has 0 aromatic carbocycles. The summed E-state index contributed by atoms with van der Waals surface area (Å²) in [5.74, 6) is 0.0149. The van der Waals surface area contributed by atoms with Crippen LogP contribution in [0.4, 0.5) is 0 Å². The highest BCUT2D eigenvalue weighted by Gasteiger charge is 2.32. The molecule has 2 aliphatic heterocycles. The van der Waals surface area contributed by atoms with Crippen LogP contribution in [0, 0.1) is 0 Å². The van der Waals surface area contributed by atoms with Crippen molar-refractivity contribution in [3.63, 3.8) is 0 Å². The Balaban J connectivity index is 1.51. The van der Waals surface area contributed by atoms with Gasteiger partial charge in [0.05, 0.1) is 18.3 Å². The Kier molecular flexibility index (Phi) is 4.13. The molecule has 4 rings (SSSR count). The van der Waals surface area contributed by atoms with Crippen molar-refractivity contribution in [1.82, 2.24) is 25.2 Å². The van der Waals surface area contributed by atoms with Crippen molar-refractivity contribution in [2.75, 3.05) is 19.6 Å². The van der Waals surface area contributed by atoms with E-state index in [1.165, 1.54) is 4.88 Å². The number of piperidine rings is 1. The fourth-order valence-electron chi connectivity index (χ4n) is 3.56. The zero-order valence-electron chi connectivity index (χ0n) is 13.0. The van der Waals surface area contributed by atoms with E-state index in [9.17, 15) is 4.79 Å². The molecule has 2 fully saturated rings. The van der Waals surface area contributed by atoms with Crippen LogP contribution in [0.15, 0.2) is 23.7 Å². The van der Waals surface area contributed by atoms with Gasteiger partial charge in [-0.2, -0.15) is 0 Å². The number of likely N-dealkylation sites (tertiary alicyclic amines) is 1. The van der Waals surface area contributed by atoms with Gasteiger partial charge in [-0.3, -0.25) is 4.79 Å². The molecule has 0 aliphatic carbocycles. The molecular weight excluding hydrogens is 310 g/mol. The molecule has 0 saturated carbocycles. The van der Waals surface area contributed by atoms with Gasteiger partial charge in [0.15, 0.2) is 5.69 Å². The number of nitrogens with one attached hydrogen (secondary N) is 1. The van der Waals surface area contributed by atoms with Crippen molar-refractivity contribution < 1.29 is 4.79 Å². The van der Waals surface area contributed by atoms with Gasteiger partial charge in [-0.15, -0.1) is 16.4 Å². The van der Waals surface area contributed by atoms with E-state index < -0.39 is 0 Å². The van der Waals surface area contributed by atoms with Crippen molar-refractivity contribution in [2.24, 2.45) is 0 Å². The van der Waals surface area contributed by atoms with Crippen molar-refractivity contribution in [3.8, 4) is 0 Å². The maximum Gasteiger partial charge on any atom is 0.276 e. The van der Waals surface area contributed by atoms with E-state index in [0.29, 0.717) is 11.7 Å². The first-order valence-electron chi connectivity index (χ1n) is 8.30. The fourth-order valence-corrected chi connectivity index (χ4v) is 4.43. The summed E-state index contributed by atoms with van der Waals surface area (Å²) in [6.45, 7) is 2.81. The molecule has 2 aliphatic rings. The second-order valence-corrected chi connectivity index (χ2v) is 7.22. The van der Waals surface area contributed by atoms with Crippen LogP contribution < -0.4 is 5.32 Å². The van der Waals surface area contributed by atoms with Gasteiger partial charge < -0.3 is 10.2 Å². The van der Waals surface area contributed by atoms with Gasteiger partial charge in [0.2, 0.25) is 0 Å². The van der Waals surface area contributed by atoms with Crippen LogP contribution in [0.2, 0.25) is 0 Å². The molecule has 1 atom stereocenters. The molecule has 1 N–H and O–H groups in total. The summed E-state index contributed by atoms with van der Waals surface area (Å²) in [6, 6.07) is 4.73. The summed E-state index contributed by atoms with van der Waals surface area (Å²) in [4.78, 5) is 16.1. The minimum atomic E-state index is 0.0149. The van der Waals surface area contributed by atoms with E-state index >= 15 is 0 Å². The standard InChI is InChI=1S/C16H21N5OS/c22-16(20-9-1-3-14(20)15-4-2-10-23-15)13-11-21(19-18-13)12-5-7-17-8-6-12/h2,4,10-12,14,17H,1,3,5-9H2. The molecule has 0 bridgehead atoms. The van der Waals surface area contributed by atoms with Crippen molar-refractivity contribution >= 4 is 17.2 Å². The van der Waals surface area contributed by atoms with Gasteiger partial charge in [0.25, 0.3) is 5.91 Å². The first kappa shape index (κ1) is 14.8. The van der Waals surface area contributed by atoms with Gasteiger partial charge in [0, 0.05) is 11.4 Å². The maximum atomic E-state index is 12.9. The number of rotatable bonds is 3. The van der Waals surface area contributed by atoms with Crippen LogP contribution in [0.3, 0.4) is 0 Å². The molecule has 7 heteroatoms. The van der Waals surface area contributed by atoms with Gasteiger partial charge in [-0.25, -0.2) is 4.68 Å². The molecule has 0 spiro atoms. The second-order valence-electron chi connectivity index (χ2n) is 6.24. The lowest BCUT2D eigenvalue weighted by molar-refractivity contribution is 0.0731. The van der Waals surface area contributed by atoms with Crippen LogP contribution in [-0.2, 0) is 0 Å². The molecule has 2 saturated heterocycles. The maximum absolute atomic E-state index is 12.9. The summed E-state index contributed by atoms with van der Waals surface area (Å²) >= 11 is 1.72. The van der Waals surface area contributed by atoms with Gasteiger partial charge in [-0.1, -0.05) is 11.3 Å². The summed E-state index contributed by atoms with van der Waals surface area (Å²) in [7, 11) is 0. The monoisotopic (exact) mass is 331 g/mol. The highest BCUT2D eigenvalue weighted by Crippen LogP contribution is 2.35. The lowest BCUT2D eigenvalue weighted by Gasteiger charge is -2.23. The Hall–Kier alpha value is -1.73. The van der Waals surface area contributed by atoms with Crippen molar-refractivity contribution in [1.29, 1.82) is 0 Å². The molecule has 122 valence electrons. The zero-order valence-corrected chi connectivity index (χ0v) is 13.8. The first-order valence-corrected chi connectivity index (χ1v) is 9.18. The third-order valence-corrected chi connectivity index (χ3v) is 5.77. The van der Waals surface area contributed by atoms with Gasteiger partial charge in [0.1, 0.15) is 0 Å². The largest absolute Gasteiger partial charge is 0.329 e. The Morgan fingerprint density at radius 3 is 2.96 bits per heavy atom. The van der Waals surface area contributed by atoms with E-state index in [1.54, 1.807) is 11.3 Å². The van der Waals surface area contributed by atoms with Crippen LogP contribution in [-0.4, -0.2) is 45.4 Å². The summed E-state index contributed by atoms with van der Waals surface area (Å²) in [6.07, 6.45) is 6.00. The Bertz CT molecular complexity index is 662. The molecule has 2 aromatic rings. The Labute approximate surface area is 139 Å². The van der Waals surface area contributed by atoms with Crippen molar-refractivity contribution in [2.45, 2.75) is 37.8 Å². The van der Waals surface area contributed by atoms with Crippen LogP contribution in [0.5, 0.6) is 0 Å². The third kappa shape index (κ3) is 2.90. The number of thiophene rings is 1. The van der Waals surface area contributed by atoms with Crippen LogP contribution >= 0.6 is 11.3 Å². The Morgan fingerprint density at radius 2 is 2.17 bits per heavy atom. The minimum Gasteiger partial charge on any atom is -0.329 e. The second kappa shape index (κ2) is 6.41.